The summed E-state index contributed by atoms with van der Waals surface area (Å²) in [5, 5.41) is 14.9. The molecule has 2 amide bonds. The van der Waals surface area contributed by atoms with Crippen LogP contribution in [0.5, 0.6) is 0 Å². The molecule has 1 fully saturated rings. The number of carbonyl (C=O) groups is 3. The van der Waals surface area contributed by atoms with Gasteiger partial charge in [0.15, 0.2) is 5.96 Å². The van der Waals surface area contributed by atoms with Gasteiger partial charge in [-0.05, 0) is 32.1 Å². The summed E-state index contributed by atoms with van der Waals surface area (Å²) in [7, 11) is 0. The third-order valence-corrected chi connectivity index (χ3v) is 4.52. The van der Waals surface area contributed by atoms with Crippen molar-refractivity contribution >= 4 is 23.7 Å². The SMILES string of the molecule is CC(=O)NC(C(=O)NC(C)CC(C)C)[C@H]1CC(C(=O)O)C[C@@H]1N=C(N)N. The molecule has 1 rings (SSSR count). The molecule has 7 N–H and O–H groups in total. The third kappa shape index (κ3) is 6.53. The number of rotatable bonds is 8. The molecule has 0 aliphatic heterocycles. The van der Waals surface area contributed by atoms with Crippen molar-refractivity contribution in [1.29, 1.82) is 0 Å². The zero-order valence-corrected chi connectivity index (χ0v) is 15.9. The van der Waals surface area contributed by atoms with Crippen LogP contribution < -0.4 is 22.1 Å². The Bertz CT molecular complexity index is 559. The molecule has 0 heterocycles. The highest BCUT2D eigenvalue weighted by Gasteiger charge is 2.45. The Morgan fingerprint density at radius 2 is 1.77 bits per heavy atom. The molecule has 1 aliphatic rings. The number of amides is 2. The lowest BCUT2D eigenvalue weighted by Crippen LogP contribution is -2.54. The molecule has 9 nitrogen and oxygen atoms in total. The van der Waals surface area contributed by atoms with E-state index in [0.29, 0.717) is 5.92 Å². The van der Waals surface area contributed by atoms with Gasteiger partial charge in [0.1, 0.15) is 6.04 Å². The third-order valence-electron chi connectivity index (χ3n) is 4.52. The maximum absolute atomic E-state index is 12.8. The number of hydrogen-bond donors (Lipinski definition) is 5. The van der Waals surface area contributed by atoms with E-state index in [-0.39, 0.29) is 36.7 Å². The zero-order valence-electron chi connectivity index (χ0n) is 15.9. The fourth-order valence-electron chi connectivity index (χ4n) is 3.63. The topological polar surface area (TPSA) is 160 Å². The monoisotopic (exact) mass is 369 g/mol. The number of carboxylic acids is 1. The second-order valence-corrected chi connectivity index (χ2v) is 7.51. The predicted molar refractivity (Wildman–Crippen MR) is 98.1 cm³/mol. The minimum atomic E-state index is -0.960. The van der Waals surface area contributed by atoms with E-state index in [2.05, 4.69) is 29.5 Å². The lowest BCUT2D eigenvalue weighted by Gasteiger charge is -2.28. The highest BCUT2D eigenvalue weighted by Crippen LogP contribution is 2.36. The molecule has 0 bridgehead atoms. The summed E-state index contributed by atoms with van der Waals surface area (Å²) in [5.41, 5.74) is 10.9. The van der Waals surface area contributed by atoms with Gasteiger partial charge in [-0.25, -0.2) is 4.99 Å². The predicted octanol–water partition coefficient (Wildman–Crippen LogP) is -0.205. The van der Waals surface area contributed by atoms with E-state index in [1.165, 1.54) is 6.92 Å². The summed E-state index contributed by atoms with van der Waals surface area (Å²) in [6, 6.07) is -1.50. The van der Waals surface area contributed by atoms with Gasteiger partial charge in [0, 0.05) is 18.9 Å². The van der Waals surface area contributed by atoms with Crippen LogP contribution in [-0.2, 0) is 14.4 Å². The first-order valence-corrected chi connectivity index (χ1v) is 8.90. The van der Waals surface area contributed by atoms with Gasteiger partial charge in [-0.3, -0.25) is 14.4 Å². The number of carboxylic acid groups (broad SMARTS) is 1. The van der Waals surface area contributed by atoms with Crippen LogP contribution in [0.3, 0.4) is 0 Å². The largest absolute Gasteiger partial charge is 0.481 e. The van der Waals surface area contributed by atoms with Gasteiger partial charge in [0.25, 0.3) is 0 Å². The van der Waals surface area contributed by atoms with E-state index >= 15 is 0 Å². The Kier molecular flexibility index (Phi) is 7.85. The van der Waals surface area contributed by atoms with Crippen LogP contribution >= 0.6 is 0 Å². The van der Waals surface area contributed by atoms with E-state index in [4.69, 9.17) is 11.5 Å². The number of nitrogens with one attached hydrogen (secondary N) is 2. The van der Waals surface area contributed by atoms with Crippen LogP contribution in [0.25, 0.3) is 0 Å². The second kappa shape index (κ2) is 9.40. The average Bonchev–Trinajstić information content (AvgIpc) is 2.86. The van der Waals surface area contributed by atoms with Crippen molar-refractivity contribution in [3.63, 3.8) is 0 Å². The number of aliphatic imine (C=N–C) groups is 1. The Labute approximate surface area is 154 Å². The van der Waals surface area contributed by atoms with Crippen molar-refractivity contribution in [2.75, 3.05) is 0 Å². The van der Waals surface area contributed by atoms with Gasteiger partial charge in [-0.1, -0.05) is 13.8 Å². The summed E-state index contributed by atoms with van der Waals surface area (Å²) in [6.07, 6.45) is 1.23. The van der Waals surface area contributed by atoms with Crippen molar-refractivity contribution in [3.8, 4) is 0 Å². The Morgan fingerprint density at radius 1 is 1.15 bits per heavy atom. The summed E-state index contributed by atoms with van der Waals surface area (Å²) < 4.78 is 0. The molecule has 0 aromatic heterocycles. The van der Waals surface area contributed by atoms with E-state index in [1.807, 2.05) is 6.92 Å². The summed E-state index contributed by atoms with van der Waals surface area (Å²) in [6.45, 7) is 7.32. The summed E-state index contributed by atoms with van der Waals surface area (Å²) in [5.74, 6) is -2.59. The van der Waals surface area contributed by atoms with Gasteiger partial charge < -0.3 is 27.2 Å². The molecule has 0 saturated heterocycles. The Balaban J connectivity index is 3.03. The van der Waals surface area contributed by atoms with Gasteiger partial charge in [-0.15, -0.1) is 0 Å². The molecule has 0 aromatic carbocycles. The van der Waals surface area contributed by atoms with Gasteiger partial charge >= 0.3 is 5.97 Å². The van der Waals surface area contributed by atoms with Gasteiger partial charge in [-0.2, -0.15) is 0 Å². The first-order valence-electron chi connectivity index (χ1n) is 8.90. The normalized spacial score (nSPS) is 24.6. The van der Waals surface area contributed by atoms with E-state index in [0.717, 1.165) is 6.42 Å². The van der Waals surface area contributed by atoms with E-state index < -0.39 is 29.9 Å². The Morgan fingerprint density at radius 3 is 2.23 bits per heavy atom. The number of hydrogen-bond acceptors (Lipinski definition) is 4. The van der Waals surface area contributed by atoms with Crippen molar-refractivity contribution in [1.82, 2.24) is 10.6 Å². The maximum atomic E-state index is 12.8. The number of nitrogens with zero attached hydrogens (tertiary/aromatic N) is 1. The van der Waals surface area contributed by atoms with Gasteiger partial charge in [0.2, 0.25) is 11.8 Å². The van der Waals surface area contributed by atoms with Crippen molar-refractivity contribution in [2.45, 2.75) is 65.1 Å². The van der Waals surface area contributed by atoms with E-state index in [1.54, 1.807) is 0 Å². The Hall–Kier alpha value is -2.32. The molecule has 0 aromatic rings. The van der Waals surface area contributed by atoms with Crippen LogP contribution in [0, 0.1) is 17.8 Å². The second-order valence-electron chi connectivity index (χ2n) is 7.51. The maximum Gasteiger partial charge on any atom is 0.306 e. The molecule has 0 radical (unpaired) electrons. The standard InChI is InChI=1S/C17H31N5O4/c1-8(2)5-9(3)20-15(24)14(21-10(4)23)12-6-11(16(25)26)7-13(12)22-17(18)19/h8-9,11-14H,5-7H2,1-4H3,(H,20,24)(H,21,23)(H,25,26)(H4,18,19,22)/t9?,11?,12-,13-,14?/m0/s1. The zero-order chi connectivity index (χ0) is 20.0. The van der Waals surface area contributed by atoms with Crippen LogP contribution in [0.2, 0.25) is 0 Å². The number of aliphatic carboxylic acids is 1. The van der Waals surface area contributed by atoms with Gasteiger partial charge in [0.05, 0.1) is 12.0 Å². The lowest BCUT2D eigenvalue weighted by atomic mass is 9.92. The van der Waals surface area contributed by atoms with Crippen LogP contribution in [-0.4, -0.2) is 47.0 Å². The van der Waals surface area contributed by atoms with Crippen LogP contribution in [0.15, 0.2) is 4.99 Å². The van der Waals surface area contributed by atoms with Crippen molar-refractivity contribution < 1.29 is 19.5 Å². The minimum Gasteiger partial charge on any atom is -0.481 e. The molecular formula is C17H31N5O4. The molecule has 1 saturated carbocycles. The molecule has 26 heavy (non-hydrogen) atoms. The fraction of sp³-hybridized carbons (Fsp3) is 0.765. The molecule has 5 atom stereocenters. The summed E-state index contributed by atoms with van der Waals surface area (Å²) in [4.78, 5) is 39.9. The fourth-order valence-corrected chi connectivity index (χ4v) is 3.63. The number of nitrogens with two attached hydrogens (primary N) is 2. The quantitative estimate of drug-likeness (QED) is 0.294. The molecule has 9 heteroatoms. The first-order chi connectivity index (χ1) is 12.0. The molecule has 3 unspecified atom stereocenters. The van der Waals surface area contributed by atoms with Crippen LogP contribution in [0.4, 0.5) is 0 Å². The minimum absolute atomic E-state index is 0.0723. The number of carbonyl (C=O) groups excluding carboxylic acids is 2. The molecular weight excluding hydrogens is 338 g/mol. The highest BCUT2D eigenvalue weighted by atomic mass is 16.4. The lowest BCUT2D eigenvalue weighted by molar-refractivity contribution is -0.141. The average molecular weight is 369 g/mol. The smallest absolute Gasteiger partial charge is 0.306 e. The van der Waals surface area contributed by atoms with Crippen LogP contribution in [0.1, 0.15) is 47.0 Å². The van der Waals surface area contributed by atoms with Crippen molar-refractivity contribution in [3.05, 3.63) is 0 Å². The van der Waals surface area contributed by atoms with E-state index in [9.17, 15) is 19.5 Å². The molecule has 148 valence electrons. The molecule has 0 spiro atoms. The molecule has 1 aliphatic carbocycles. The number of guanidine groups is 1. The summed E-state index contributed by atoms with van der Waals surface area (Å²) >= 11 is 0. The highest BCUT2D eigenvalue weighted by molar-refractivity contribution is 5.87. The first kappa shape index (κ1) is 21.7. The van der Waals surface area contributed by atoms with Crippen molar-refractivity contribution in [2.24, 2.45) is 34.2 Å².